The Kier molecular flexibility index (Phi) is 4.40. The van der Waals surface area contributed by atoms with E-state index in [4.69, 9.17) is 0 Å². The Labute approximate surface area is 217 Å². The van der Waals surface area contributed by atoms with Crippen LogP contribution >= 0.6 is 0 Å². The number of fused-ring (bicyclic) bond motifs is 2. The van der Waals surface area contributed by atoms with Crippen LogP contribution in [0.25, 0.3) is 54.1 Å². The lowest BCUT2D eigenvalue weighted by Gasteiger charge is -2.28. The van der Waals surface area contributed by atoms with Crippen molar-refractivity contribution in [2.75, 3.05) is 4.90 Å². The Morgan fingerprint density at radius 2 is 1.03 bits per heavy atom. The van der Waals surface area contributed by atoms with Crippen molar-refractivity contribution < 1.29 is 4.39 Å². The van der Waals surface area contributed by atoms with Crippen LogP contribution < -0.4 is 4.90 Å². The summed E-state index contributed by atoms with van der Waals surface area (Å²) in [5.41, 5.74) is 4.85. The van der Waals surface area contributed by atoms with Gasteiger partial charge in [-0.25, -0.2) is 4.39 Å². The molecule has 0 aliphatic rings. The topological polar surface area (TPSA) is 29.0 Å². The number of benzene rings is 6. The molecule has 0 amide bonds. The fourth-order valence-corrected chi connectivity index (χ4v) is 5.76. The summed E-state index contributed by atoms with van der Waals surface area (Å²) in [6.07, 6.45) is 3.64. The summed E-state index contributed by atoms with van der Waals surface area (Å²) in [7, 11) is 0. The molecule has 0 saturated carbocycles. The lowest BCUT2D eigenvalue weighted by Crippen LogP contribution is -2.11. The maximum atomic E-state index is 14.9. The molecule has 0 N–H and O–H groups in total. The first-order valence-corrected chi connectivity index (χ1v) is 12.6. The Morgan fingerprint density at radius 1 is 0.500 bits per heavy atom. The maximum Gasteiger partial charge on any atom is 0.131 e. The second kappa shape index (κ2) is 7.95. The van der Waals surface area contributed by atoms with E-state index in [0.717, 1.165) is 65.8 Å². The lowest BCUT2D eigenvalue weighted by molar-refractivity contribution is 0.640. The smallest absolute Gasteiger partial charge is 0.131 e. The van der Waals surface area contributed by atoms with E-state index in [1.807, 2.05) is 42.7 Å². The zero-order chi connectivity index (χ0) is 25.2. The van der Waals surface area contributed by atoms with Crippen molar-refractivity contribution in [3.8, 4) is 0 Å². The fourth-order valence-electron chi connectivity index (χ4n) is 5.76. The minimum absolute atomic E-state index is 0.199. The van der Waals surface area contributed by atoms with Gasteiger partial charge in [0.25, 0.3) is 0 Å². The average Bonchev–Trinajstić information content (AvgIpc) is 2.97. The highest BCUT2D eigenvalue weighted by molar-refractivity contribution is 6.26. The number of hydrogen-bond donors (Lipinski definition) is 0. The van der Waals surface area contributed by atoms with Crippen molar-refractivity contribution >= 4 is 71.2 Å². The lowest BCUT2D eigenvalue weighted by atomic mass is 9.92. The van der Waals surface area contributed by atoms with Crippen LogP contribution in [0.3, 0.4) is 0 Å². The molecule has 178 valence electrons. The van der Waals surface area contributed by atoms with Crippen LogP contribution in [0.1, 0.15) is 0 Å². The predicted molar refractivity (Wildman–Crippen MR) is 155 cm³/mol. The molecule has 2 heterocycles. The third-order valence-electron chi connectivity index (χ3n) is 7.52. The first-order valence-electron chi connectivity index (χ1n) is 12.6. The molecular formula is C34H20FN3. The first kappa shape index (κ1) is 21.0. The molecule has 0 spiro atoms. The second-order valence-corrected chi connectivity index (χ2v) is 9.65. The summed E-state index contributed by atoms with van der Waals surface area (Å²) in [4.78, 5) is 11.5. The predicted octanol–water partition coefficient (Wildman–Crippen LogP) is 9.29. The number of hydrogen-bond acceptors (Lipinski definition) is 3. The van der Waals surface area contributed by atoms with Crippen molar-refractivity contribution in [3.63, 3.8) is 0 Å². The minimum atomic E-state index is -0.199. The molecule has 0 fully saturated rings. The molecule has 0 atom stereocenters. The van der Waals surface area contributed by atoms with Crippen LogP contribution in [0.15, 0.2) is 122 Å². The van der Waals surface area contributed by atoms with Gasteiger partial charge in [0.05, 0.1) is 16.7 Å². The Bertz CT molecular complexity index is 2090. The molecule has 4 heteroatoms. The highest BCUT2D eigenvalue weighted by atomic mass is 19.1. The van der Waals surface area contributed by atoms with Crippen molar-refractivity contribution in [1.29, 1.82) is 0 Å². The summed E-state index contributed by atoms with van der Waals surface area (Å²) < 4.78 is 14.9. The normalized spacial score (nSPS) is 11.8. The summed E-state index contributed by atoms with van der Waals surface area (Å²) in [5, 5.41) is 8.04. The number of nitrogens with zero attached hydrogens (tertiary/aromatic N) is 3. The molecule has 8 rings (SSSR count). The molecule has 0 saturated heterocycles. The van der Waals surface area contributed by atoms with E-state index in [-0.39, 0.29) is 5.82 Å². The van der Waals surface area contributed by atoms with Gasteiger partial charge in [-0.15, -0.1) is 0 Å². The zero-order valence-corrected chi connectivity index (χ0v) is 20.3. The Morgan fingerprint density at radius 3 is 1.68 bits per heavy atom. The first-order chi connectivity index (χ1) is 18.7. The van der Waals surface area contributed by atoms with Gasteiger partial charge in [0.1, 0.15) is 5.82 Å². The molecule has 2 aromatic heterocycles. The second-order valence-electron chi connectivity index (χ2n) is 9.65. The minimum Gasteiger partial charge on any atom is -0.310 e. The van der Waals surface area contributed by atoms with E-state index in [1.54, 1.807) is 6.07 Å². The molecule has 0 unspecified atom stereocenters. The van der Waals surface area contributed by atoms with Crippen LogP contribution in [0.4, 0.5) is 21.5 Å². The maximum absolute atomic E-state index is 14.9. The quantitative estimate of drug-likeness (QED) is 0.232. The molecular weight excluding hydrogens is 469 g/mol. The van der Waals surface area contributed by atoms with Crippen LogP contribution in [-0.2, 0) is 0 Å². The molecule has 0 aliphatic heterocycles. The third-order valence-corrected chi connectivity index (χ3v) is 7.52. The number of rotatable bonds is 3. The van der Waals surface area contributed by atoms with Gasteiger partial charge in [-0.05, 0) is 64.7 Å². The molecule has 8 aromatic rings. The molecule has 3 nitrogen and oxygen atoms in total. The van der Waals surface area contributed by atoms with Crippen molar-refractivity contribution in [3.05, 3.63) is 127 Å². The van der Waals surface area contributed by atoms with Crippen molar-refractivity contribution in [1.82, 2.24) is 9.97 Å². The highest BCUT2D eigenvalue weighted by Crippen LogP contribution is 2.44. The Balaban J connectivity index is 1.47. The van der Waals surface area contributed by atoms with Gasteiger partial charge >= 0.3 is 0 Å². The van der Waals surface area contributed by atoms with E-state index in [0.29, 0.717) is 5.39 Å². The SMILES string of the molecule is Fc1ccc2ccc3c(N(c4ccc5cccnc5c4)c4ccc5cccnc5c4)ccc4ccc1c2c43. The largest absolute Gasteiger partial charge is 0.310 e. The van der Waals surface area contributed by atoms with E-state index in [9.17, 15) is 4.39 Å². The molecule has 6 aromatic carbocycles. The van der Waals surface area contributed by atoms with Gasteiger partial charge in [0.2, 0.25) is 0 Å². The number of anilines is 3. The number of aromatic nitrogens is 2. The third kappa shape index (κ3) is 3.07. The van der Waals surface area contributed by atoms with Crippen molar-refractivity contribution in [2.45, 2.75) is 0 Å². The Hall–Kier alpha value is -5.09. The average molecular weight is 490 g/mol. The molecule has 0 bridgehead atoms. The summed E-state index contributed by atoms with van der Waals surface area (Å²) in [5.74, 6) is -0.199. The van der Waals surface area contributed by atoms with Crippen LogP contribution in [0, 0.1) is 5.82 Å². The standard InChI is InChI=1S/C34H20FN3/c35-29-15-9-23-8-14-28-32(16-10-24-7-13-27(29)33(23)34(24)28)38(25-11-5-21-3-1-17-36-30(21)19-25)26-12-6-22-4-2-18-37-31(22)20-26/h1-20H. The fraction of sp³-hybridized carbons (Fsp3) is 0. The van der Waals surface area contributed by atoms with E-state index < -0.39 is 0 Å². The van der Waals surface area contributed by atoms with Crippen LogP contribution in [-0.4, -0.2) is 9.97 Å². The van der Waals surface area contributed by atoms with Gasteiger partial charge in [-0.2, -0.15) is 0 Å². The van der Waals surface area contributed by atoms with E-state index >= 15 is 0 Å². The number of halogens is 1. The molecule has 0 aliphatic carbocycles. The van der Waals surface area contributed by atoms with Gasteiger partial charge in [0, 0.05) is 50.7 Å². The van der Waals surface area contributed by atoms with Crippen LogP contribution in [0.2, 0.25) is 0 Å². The summed E-state index contributed by atoms with van der Waals surface area (Å²) >= 11 is 0. The van der Waals surface area contributed by atoms with E-state index in [2.05, 4.69) is 87.7 Å². The monoisotopic (exact) mass is 489 g/mol. The highest BCUT2D eigenvalue weighted by Gasteiger charge is 2.20. The van der Waals surface area contributed by atoms with E-state index in [1.165, 1.54) is 0 Å². The zero-order valence-electron chi connectivity index (χ0n) is 20.3. The molecule has 0 radical (unpaired) electrons. The number of pyridine rings is 2. The van der Waals surface area contributed by atoms with Gasteiger partial charge in [-0.1, -0.05) is 60.7 Å². The van der Waals surface area contributed by atoms with Gasteiger partial charge in [0.15, 0.2) is 0 Å². The summed E-state index contributed by atoms with van der Waals surface area (Å²) in [6, 6.07) is 36.6. The van der Waals surface area contributed by atoms with Gasteiger partial charge < -0.3 is 4.90 Å². The summed E-state index contributed by atoms with van der Waals surface area (Å²) in [6.45, 7) is 0. The van der Waals surface area contributed by atoms with Crippen LogP contribution in [0.5, 0.6) is 0 Å². The molecule has 38 heavy (non-hydrogen) atoms. The van der Waals surface area contributed by atoms with Gasteiger partial charge in [-0.3, -0.25) is 9.97 Å². The van der Waals surface area contributed by atoms with Crippen molar-refractivity contribution in [2.24, 2.45) is 0 Å².